The van der Waals surface area contributed by atoms with Crippen molar-refractivity contribution in [2.45, 2.75) is 39.8 Å². The Hall–Kier alpha value is -3.35. The molecule has 0 aromatic heterocycles. The second-order valence-electron chi connectivity index (χ2n) is 8.23. The van der Waals surface area contributed by atoms with Crippen molar-refractivity contribution in [3.8, 4) is 0 Å². The van der Waals surface area contributed by atoms with E-state index < -0.39 is 0 Å². The summed E-state index contributed by atoms with van der Waals surface area (Å²) in [6.07, 6.45) is 1.55. The van der Waals surface area contributed by atoms with Crippen molar-refractivity contribution in [1.82, 2.24) is 15.5 Å². The van der Waals surface area contributed by atoms with Crippen molar-refractivity contribution >= 4 is 23.5 Å². The van der Waals surface area contributed by atoms with E-state index in [1.54, 1.807) is 24.3 Å². The molecule has 2 aromatic rings. The fraction of sp³-hybridized carbons (Fsp3) is 0.375. The first-order chi connectivity index (χ1) is 14.9. The third-order valence-corrected chi connectivity index (χ3v) is 5.07. The quantitative estimate of drug-likeness (QED) is 0.608. The van der Waals surface area contributed by atoms with Gasteiger partial charge in [-0.25, -0.2) is 4.79 Å². The third kappa shape index (κ3) is 6.84. The van der Waals surface area contributed by atoms with Gasteiger partial charge in [-0.05, 0) is 47.7 Å². The Morgan fingerprint density at radius 2 is 1.77 bits per heavy atom. The molecule has 4 amide bonds. The van der Waals surface area contributed by atoms with Crippen molar-refractivity contribution in [3.05, 3.63) is 65.2 Å². The number of nitrogens with zero attached hydrogens (tertiary/aromatic N) is 1. The molecule has 0 saturated carbocycles. The van der Waals surface area contributed by atoms with Crippen LogP contribution in [0.25, 0.3) is 0 Å². The summed E-state index contributed by atoms with van der Waals surface area (Å²) >= 11 is 0. The zero-order chi connectivity index (χ0) is 22.2. The summed E-state index contributed by atoms with van der Waals surface area (Å²) in [4.78, 5) is 38.0. The van der Waals surface area contributed by atoms with Gasteiger partial charge in [-0.15, -0.1) is 0 Å². The molecular formula is C24H30N4O3. The maximum absolute atomic E-state index is 12.2. The number of hydrogen-bond donors (Lipinski definition) is 3. The van der Waals surface area contributed by atoms with E-state index in [4.69, 9.17) is 0 Å². The molecular weight excluding hydrogens is 392 g/mol. The third-order valence-electron chi connectivity index (χ3n) is 5.07. The number of urea groups is 1. The molecule has 0 aliphatic carbocycles. The minimum Gasteiger partial charge on any atom is -0.352 e. The van der Waals surface area contributed by atoms with Crippen LogP contribution < -0.4 is 16.0 Å². The molecule has 0 radical (unpaired) electrons. The summed E-state index contributed by atoms with van der Waals surface area (Å²) in [5.41, 5.74) is 3.19. The van der Waals surface area contributed by atoms with E-state index in [-0.39, 0.29) is 17.8 Å². The van der Waals surface area contributed by atoms with Gasteiger partial charge in [0.05, 0.1) is 0 Å². The Morgan fingerprint density at radius 1 is 1.03 bits per heavy atom. The minimum atomic E-state index is -0.322. The summed E-state index contributed by atoms with van der Waals surface area (Å²) in [6.45, 7) is 6.49. The zero-order valence-corrected chi connectivity index (χ0v) is 18.1. The van der Waals surface area contributed by atoms with Crippen LogP contribution in [-0.4, -0.2) is 35.8 Å². The van der Waals surface area contributed by atoms with Crippen molar-refractivity contribution in [1.29, 1.82) is 0 Å². The van der Waals surface area contributed by atoms with Crippen molar-refractivity contribution in [3.63, 3.8) is 0 Å². The molecule has 0 bridgehead atoms. The minimum absolute atomic E-state index is 0.125. The Balaban J connectivity index is 1.47. The summed E-state index contributed by atoms with van der Waals surface area (Å²) in [5.74, 6) is 0.462. The number of carbonyl (C=O) groups is 3. The summed E-state index contributed by atoms with van der Waals surface area (Å²) in [7, 11) is 0. The highest BCUT2D eigenvalue weighted by Crippen LogP contribution is 2.15. The van der Waals surface area contributed by atoms with Gasteiger partial charge in [-0.3, -0.25) is 9.59 Å². The highest BCUT2D eigenvalue weighted by molar-refractivity contribution is 5.95. The van der Waals surface area contributed by atoms with Gasteiger partial charge in [0.25, 0.3) is 5.91 Å². The lowest BCUT2D eigenvalue weighted by atomic mass is 10.1. The van der Waals surface area contributed by atoms with Crippen LogP contribution in [0.15, 0.2) is 48.5 Å². The number of hydrogen-bond acceptors (Lipinski definition) is 3. The molecule has 0 spiro atoms. The van der Waals surface area contributed by atoms with E-state index in [0.29, 0.717) is 43.2 Å². The molecule has 1 saturated heterocycles. The highest BCUT2D eigenvalue weighted by Gasteiger charge is 2.19. The van der Waals surface area contributed by atoms with Gasteiger partial charge >= 0.3 is 6.03 Å². The van der Waals surface area contributed by atoms with E-state index in [9.17, 15) is 14.4 Å². The molecule has 0 unspecified atom stereocenters. The van der Waals surface area contributed by atoms with Crippen LogP contribution in [0.4, 0.5) is 10.5 Å². The second-order valence-corrected chi connectivity index (χ2v) is 8.23. The van der Waals surface area contributed by atoms with E-state index in [1.807, 2.05) is 43.0 Å². The fourth-order valence-corrected chi connectivity index (χ4v) is 3.39. The Bertz CT molecular complexity index is 925. The van der Waals surface area contributed by atoms with E-state index in [0.717, 1.165) is 24.1 Å². The van der Waals surface area contributed by atoms with Gasteiger partial charge in [0, 0.05) is 43.9 Å². The van der Waals surface area contributed by atoms with Gasteiger partial charge in [0.15, 0.2) is 0 Å². The maximum atomic E-state index is 12.2. The number of carbonyl (C=O) groups excluding carboxylic acids is 3. The maximum Gasteiger partial charge on any atom is 0.319 e. The number of nitrogens with one attached hydrogen (secondary N) is 3. The monoisotopic (exact) mass is 422 g/mol. The largest absolute Gasteiger partial charge is 0.352 e. The SMILES string of the molecule is CC(C)CNC(=O)c1ccc(NC(=O)NCc2cccc(CN3CCCC3=O)c2)cc1. The molecule has 7 heteroatoms. The lowest BCUT2D eigenvalue weighted by Gasteiger charge is -2.16. The molecule has 2 aromatic carbocycles. The van der Waals surface area contributed by atoms with Gasteiger partial charge < -0.3 is 20.9 Å². The Kier molecular flexibility index (Phi) is 7.65. The first-order valence-corrected chi connectivity index (χ1v) is 10.7. The predicted molar refractivity (Wildman–Crippen MR) is 121 cm³/mol. The summed E-state index contributed by atoms with van der Waals surface area (Å²) < 4.78 is 0. The summed E-state index contributed by atoms with van der Waals surface area (Å²) in [6, 6.07) is 14.4. The van der Waals surface area contributed by atoms with E-state index in [2.05, 4.69) is 16.0 Å². The number of likely N-dealkylation sites (tertiary alicyclic amines) is 1. The number of amides is 4. The second kappa shape index (κ2) is 10.6. The van der Waals surface area contributed by atoms with Crippen molar-refractivity contribution in [2.75, 3.05) is 18.4 Å². The van der Waals surface area contributed by atoms with Crippen molar-refractivity contribution in [2.24, 2.45) is 5.92 Å². The molecule has 1 heterocycles. The average molecular weight is 423 g/mol. The van der Waals surface area contributed by atoms with Crippen LogP contribution in [0, 0.1) is 5.92 Å². The number of benzene rings is 2. The molecule has 1 fully saturated rings. The molecule has 0 atom stereocenters. The molecule has 1 aliphatic heterocycles. The van der Waals surface area contributed by atoms with Crippen LogP contribution in [0.3, 0.4) is 0 Å². The smallest absolute Gasteiger partial charge is 0.319 e. The van der Waals surface area contributed by atoms with Crippen LogP contribution in [0.5, 0.6) is 0 Å². The first kappa shape index (κ1) is 22.3. The zero-order valence-electron chi connectivity index (χ0n) is 18.1. The Labute approximate surface area is 183 Å². The van der Waals surface area contributed by atoms with Crippen LogP contribution in [0.1, 0.15) is 48.2 Å². The van der Waals surface area contributed by atoms with Crippen LogP contribution in [-0.2, 0) is 17.9 Å². The van der Waals surface area contributed by atoms with Crippen LogP contribution >= 0.6 is 0 Å². The van der Waals surface area contributed by atoms with E-state index in [1.165, 1.54) is 0 Å². The van der Waals surface area contributed by atoms with Crippen LogP contribution in [0.2, 0.25) is 0 Å². The fourth-order valence-electron chi connectivity index (χ4n) is 3.39. The molecule has 1 aliphatic rings. The van der Waals surface area contributed by atoms with Gasteiger partial charge in [-0.2, -0.15) is 0 Å². The molecule has 164 valence electrons. The topological polar surface area (TPSA) is 90.5 Å². The molecule has 7 nitrogen and oxygen atoms in total. The highest BCUT2D eigenvalue weighted by atomic mass is 16.2. The Morgan fingerprint density at radius 3 is 2.45 bits per heavy atom. The predicted octanol–water partition coefficient (Wildman–Crippen LogP) is 3.52. The summed E-state index contributed by atoms with van der Waals surface area (Å²) in [5, 5.41) is 8.48. The number of rotatable bonds is 8. The molecule has 3 rings (SSSR count). The lowest BCUT2D eigenvalue weighted by Crippen LogP contribution is -2.29. The van der Waals surface area contributed by atoms with E-state index >= 15 is 0 Å². The van der Waals surface area contributed by atoms with Gasteiger partial charge in [-0.1, -0.05) is 38.1 Å². The first-order valence-electron chi connectivity index (χ1n) is 10.7. The average Bonchev–Trinajstić information content (AvgIpc) is 3.15. The lowest BCUT2D eigenvalue weighted by molar-refractivity contribution is -0.128. The van der Waals surface area contributed by atoms with Crippen molar-refractivity contribution < 1.29 is 14.4 Å². The molecule has 3 N–H and O–H groups in total. The van der Waals surface area contributed by atoms with Gasteiger partial charge in [0.1, 0.15) is 0 Å². The van der Waals surface area contributed by atoms with Gasteiger partial charge in [0.2, 0.25) is 5.91 Å². The molecule has 31 heavy (non-hydrogen) atoms. The normalized spacial score (nSPS) is 13.4. The number of anilines is 1. The standard InChI is InChI=1S/C24H30N4O3/c1-17(2)14-25-23(30)20-8-10-21(11-9-20)27-24(31)26-15-18-5-3-6-19(13-18)16-28-12-4-7-22(28)29/h3,5-6,8-11,13,17H,4,7,12,14-16H2,1-2H3,(H,25,30)(H2,26,27,31).